The van der Waals surface area contributed by atoms with Crippen LogP contribution < -0.4 is 0 Å². The van der Waals surface area contributed by atoms with Gasteiger partial charge in [0.2, 0.25) is 5.82 Å². The molecular weight excluding hydrogens is 416 g/mol. The minimum absolute atomic E-state index is 0.0184. The molecule has 6 nitrogen and oxygen atoms in total. The number of hydrogen-bond acceptors (Lipinski definition) is 5. The van der Waals surface area contributed by atoms with Crippen molar-refractivity contribution < 1.29 is 17.4 Å². The lowest BCUT2D eigenvalue weighted by Crippen LogP contribution is -2.07. The van der Waals surface area contributed by atoms with Gasteiger partial charge in [-0.25, -0.2) is 4.68 Å². The predicted octanol–water partition coefficient (Wildman–Crippen LogP) is 4.77. The monoisotopic (exact) mass is 426 g/mol. The summed E-state index contributed by atoms with van der Waals surface area (Å²) in [5, 5.41) is 6.13. The number of alkyl halides is 3. The van der Waals surface area contributed by atoms with Gasteiger partial charge in [0, 0.05) is 13.3 Å². The standard InChI is InChI=1S/C14H11Cl2F3N4O2S/c1-6(20-2)10-12(26(3)25)13(22-24)23(21-10)11-8(15)4-7(5-9(11)16)14(17,18)19/h4-5H,1-3H3. The minimum atomic E-state index is -4.66. The van der Waals surface area contributed by atoms with Crippen LogP contribution in [0.2, 0.25) is 10.0 Å². The van der Waals surface area contributed by atoms with E-state index in [4.69, 9.17) is 23.2 Å². The van der Waals surface area contributed by atoms with Gasteiger partial charge in [-0.15, -0.1) is 4.91 Å². The Hall–Kier alpha value is -1.78. The first-order valence-corrected chi connectivity index (χ1v) is 9.14. The molecule has 0 fully saturated rings. The van der Waals surface area contributed by atoms with Gasteiger partial charge in [0.1, 0.15) is 16.3 Å². The topological polar surface area (TPSA) is 76.7 Å². The van der Waals surface area contributed by atoms with Gasteiger partial charge in [0.15, 0.2) is 0 Å². The van der Waals surface area contributed by atoms with Crippen molar-refractivity contribution in [1.82, 2.24) is 9.78 Å². The van der Waals surface area contributed by atoms with Crippen LogP contribution >= 0.6 is 23.2 Å². The second-order valence-electron chi connectivity index (χ2n) is 5.05. The molecule has 0 saturated heterocycles. The van der Waals surface area contributed by atoms with Crippen molar-refractivity contribution in [2.45, 2.75) is 18.0 Å². The number of hydrogen-bond donors (Lipinski definition) is 0. The molecule has 12 heteroatoms. The zero-order valence-electron chi connectivity index (χ0n) is 13.6. The van der Waals surface area contributed by atoms with Crippen molar-refractivity contribution in [3.8, 4) is 5.69 Å². The highest BCUT2D eigenvalue weighted by Gasteiger charge is 2.33. The van der Waals surface area contributed by atoms with E-state index in [9.17, 15) is 22.3 Å². The SMILES string of the molecule is CN=C(C)c1nn(-c2c(Cl)cc(C(F)(F)F)cc2Cl)c(N=O)c1S(C)=O. The Morgan fingerprint density at radius 2 is 1.81 bits per heavy atom. The molecule has 0 bridgehead atoms. The molecule has 0 aliphatic heterocycles. The molecule has 0 amide bonds. The molecule has 0 N–H and O–H groups in total. The van der Waals surface area contributed by atoms with Crippen molar-refractivity contribution in [3.63, 3.8) is 0 Å². The number of aliphatic imine (C=N–C) groups is 1. The number of halogens is 5. The maximum Gasteiger partial charge on any atom is 0.416 e. The van der Waals surface area contributed by atoms with E-state index >= 15 is 0 Å². The van der Waals surface area contributed by atoms with Gasteiger partial charge in [0.25, 0.3) is 0 Å². The molecule has 2 aromatic rings. The number of nitrogens with zero attached hydrogens (tertiary/aromatic N) is 4. The van der Waals surface area contributed by atoms with Crippen molar-refractivity contribution in [1.29, 1.82) is 0 Å². The molecule has 0 saturated carbocycles. The third-order valence-corrected chi connectivity index (χ3v) is 4.95. The van der Waals surface area contributed by atoms with Gasteiger partial charge in [-0.3, -0.25) is 9.20 Å². The van der Waals surface area contributed by atoms with Gasteiger partial charge in [0.05, 0.1) is 32.1 Å². The maximum atomic E-state index is 12.9. The number of benzene rings is 1. The highest BCUT2D eigenvalue weighted by molar-refractivity contribution is 7.84. The van der Waals surface area contributed by atoms with Crippen LogP contribution in [-0.2, 0) is 17.0 Å². The molecule has 0 spiro atoms. The van der Waals surface area contributed by atoms with E-state index in [2.05, 4.69) is 15.3 Å². The molecular formula is C14H11Cl2F3N4O2S. The van der Waals surface area contributed by atoms with Crippen LogP contribution in [0.1, 0.15) is 18.2 Å². The van der Waals surface area contributed by atoms with E-state index in [1.165, 1.54) is 13.3 Å². The fraction of sp³-hybridized carbons (Fsp3) is 0.286. The minimum Gasteiger partial charge on any atom is -0.291 e. The second kappa shape index (κ2) is 7.45. The van der Waals surface area contributed by atoms with Crippen molar-refractivity contribution >= 4 is 45.5 Å². The van der Waals surface area contributed by atoms with E-state index < -0.39 is 32.6 Å². The Kier molecular flexibility index (Phi) is 5.89. The summed E-state index contributed by atoms with van der Waals surface area (Å²) >= 11 is 11.9. The van der Waals surface area contributed by atoms with Gasteiger partial charge in [-0.05, 0) is 24.2 Å². The third-order valence-electron chi connectivity index (χ3n) is 3.43. The Morgan fingerprint density at radius 3 is 2.19 bits per heavy atom. The van der Waals surface area contributed by atoms with Crippen molar-refractivity contribution in [2.75, 3.05) is 13.3 Å². The highest BCUT2D eigenvalue weighted by atomic mass is 35.5. The Labute approximate surface area is 158 Å². The summed E-state index contributed by atoms with van der Waals surface area (Å²) in [5.41, 5.74) is -0.791. The Bertz CT molecular complexity index is 918. The fourth-order valence-corrected chi connectivity index (χ4v) is 3.66. The Balaban J connectivity index is 2.86. The summed E-state index contributed by atoms with van der Waals surface area (Å²) in [5.74, 6) is -0.382. The zero-order chi connectivity index (χ0) is 19.8. The van der Waals surface area contributed by atoms with E-state index in [1.54, 1.807) is 6.92 Å². The first-order chi connectivity index (χ1) is 12.0. The molecule has 26 heavy (non-hydrogen) atoms. The van der Waals surface area contributed by atoms with E-state index in [0.717, 1.165) is 4.68 Å². The molecule has 140 valence electrons. The quantitative estimate of drug-likeness (QED) is 0.521. The van der Waals surface area contributed by atoms with E-state index in [-0.39, 0.29) is 22.1 Å². The summed E-state index contributed by atoms with van der Waals surface area (Å²) in [6.07, 6.45) is -3.35. The Morgan fingerprint density at radius 1 is 1.27 bits per heavy atom. The molecule has 0 aliphatic rings. The predicted molar refractivity (Wildman–Crippen MR) is 94.5 cm³/mol. The smallest absolute Gasteiger partial charge is 0.291 e. The largest absolute Gasteiger partial charge is 0.416 e. The lowest BCUT2D eigenvalue weighted by molar-refractivity contribution is -0.137. The number of aromatic nitrogens is 2. The number of rotatable bonds is 4. The maximum absolute atomic E-state index is 12.9. The summed E-state index contributed by atoms with van der Waals surface area (Å²) in [7, 11) is -0.222. The summed E-state index contributed by atoms with van der Waals surface area (Å²) in [6.45, 7) is 1.56. The van der Waals surface area contributed by atoms with Crippen LogP contribution in [-0.4, -0.2) is 33.0 Å². The first kappa shape index (κ1) is 20.5. The third kappa shape index (κ3) is 3.67. The molecule has 1 unspecified atom stereocenters. The fourth-order valence-electron chi connectivity index (χ4n) is 2.17. The van der Waals surface area contributed by atoms with Crippen molar-refractivity contribution in [2.24, 2.45) is 10.2 Å². The first-order valence-electron chi connectivity index (χ1n) is 6.83. The lowest BCUT2D eigenvalue weighted by Gasteiger charge is -2.12. The summed E-state index contributed by atoms with van der Waals surface area (Å²) < 4.78 is 51.6. The van der Waals surface area contributed by atoms with Crippen LogP contribution in [0, 0.1) is 4.91 Å². The average Bonchev–Trinajstić information content (AvgIpc) is 2.92. The highest BCUT2D eigenvalue weighted by Crippen LogP contribution is 2.40. The molecule has 1 aromatic heterocycles. The normalized spacial score (nSPS) is 13.8. The zero-order valence-corrected chi connectivity index (χ0v) is 15.9. The molecule has 1 atom stereocenters. The van der Waals surface area contributed by atoms with Crippen molar-refractivity contribution in [3.05, 3.63) is 38.3 Å². The van der Waals surface area contributed by atoms with Gasteiger partial charge >= 0.3 is 6.18 Å². The lowest BCUT2D eigenvalue weighted by atomic mass is 10.2. The van der Waals surface area contributed by atoms with E-state index in [1.807, 2.05) is 0 Å². The molecule has 1 aromatic carbocycles. The van der Waals surface area contributed by atoms with Gasteiger partial charge in [-0.2, -0.15) is 18.3 Å². The van der Waals surface area contributed by atoms with Gasteiger partial charge < -0.3 is 0 Å². The number of nitroso groups, excluding NO2 is 1. The average molecular weight is 427 g/mol. The van der Waals surface area contributed by atoms with Crippen LogP contribution in [0.5, 0.6) is 0 Å². The summed E-state index contributed by atoms with van der Waals surface area (Å²) in [6, 6.07) is 1.31. The molecule has 2 rings (SSSR count). The van der Waals surface area contributed by atoms with Crippen LogP contribution in [0.4, 0.5) is 19.0 Å². The molecule has 0 aliphatic carbocycles. The molecule has 1 heterocycles. The van der Waals surface area contributed by atoms with Crippen LogP contribution in [0.3, 0.4) is 0 Å². The second-order valence-corrected chi connectivity index (χ2v) is 7.18. The van der Waals surface area contributed by atoms with Gasteiger partial charge in [-0.1, -0.05) is 23.2 Å². The van der Waals surface area contributed by atoms with Crippen LogP contribution in [0.15, 0.2) is 27.2 Å². The molecule has 0 radical (unpaired) electrons. The summed E-state index contributed by atoms with van der Waals surface area (Å²) in [4.78, 5) is 15.3. The van der Waals surface area contributed by atoms with E-state index in [0.29, 0.717) is 17.8 Å². The van der Waals surface area contributed by atoms with Crippen LogP contribution in [0.25, 0.3) is 5.69 Å².